The van der Waals surface area contributed by atoms with Gasteiger partial charge in [-0.25, -0.2) is 19.0 Å². The molecule has 3 aromatic heterocycles. The second kappa shape index (κ2) is 7.67. The number of pyridine rings is 1. The molecule has 1 aromatic carbocycles. The summed E-state index contributed by atoms with van der Waals surface area (Å²) in [5, 5.41) is 8.15. The monoisotopic (exact) mass is 431 g/mol. The topological polar surface area (TPSA) is 105 Å². The maximum atomic E-state index is 14.8. The van der Waals surface area contributed by atoms with Crippen molar-refractivity contribution in [1.29, 1.82) is 0 Å². The summed E-state index contributed by atoms with van der Waals surface area (Å²) in [6.07, 6.45) is 5.41. The molecule has 0 aliphatic heterocycles. The van der Waals surface area contributed by atoms with Gasteiger partial charge in [-0.1, -0.05) is 29.5 Å². The van der Waals surface area contributed by atoms with E-state index in [9.17, 15) is 9.18 Å². The Balaban J connectivity index is 1.50. The fourth-order valence-electron chi connectivity index (χ4n) is 3.72. The van der Waals surface area contributed by atoms with Crippen molar-refractivity contribution in [1.82, 2.24) is 29.5 Å². The molecule has 1 saturated carbocycles. The van der Waals surface area contributed by atoms with Crippen LogP contribution in [-0.4, -0.2) is 29.5 Å². The predicted octanol–water partition coefficient (Wildman–Crippen LogP) is 3.29. The number of nitrogen functional groups attached to an aromatic ring is 1. The smallest absolute Gasteiger partial charge is 0.255 e. The number of halogens is 1. The zero-order chi connectivity index (χ0) is 22.4. The highest BCUT2D eigenvalue weighted by Gasteiger charge is 2.25. The number of nitrogens with zero attached hydrogens (tertiary/aromatic N) is 6. The van der Waals surface area contributed by atoms with Gasteiger partial charge < -0.3 is 10.3 Å². The van der Waals surface area contributed by atoms with Gasteiger partial charge in [0.05, 0.1) is 12.7 Å². The van der Waals surface area contributed by atoms with E-state index in [1.165, 1.54) is 4.68 Å². The number of rotatable bonds is 5. The molecule has 8 nitrogen and oxygen atoms in total. The van der Waals surface area contributed by atoms with E-state index < -0.39 is 5.82 Å². The van der Waals surface area contributed by atoms with E-state index in [1.54, 1.807) is 16.8 Å². The van der Waals surface area contributed by atoms with Gasteiger partial charge in [0, 0.05) is 23.4 Å². The van der Waals surface area contributed by atoms with Crippen molar-refractivity contribution >= 4 is 5.82 Å². The Morgan fingerprint density at radius 2 is 1.97 bits per heavy atom. The van der Waals surface area contributed by atoms with Gasteiger partial charge in [0.2, 0.25) is 0 Å². The van der Waals surface area contributed by atoms with Crippen LogP contribution in [0.1, 0.15) is 35.6 Å². The average molecular weight is 431 g/mol. The molecule has 1 aliphatic carbocycles. The minimum absolute atomic E-state index is 0.0249. The Morgan fingerprint density at radius 3 is 2.75 bits per heavy atom. The molecule has 0 unspecified atom stereocenters. The molecule has 1 aliphatic rings. The standard InChI is InChI=1S/C23H22FN7O/c1-13-5-3-7-17(14(13)2)22-26-20(19(24)21(25)27-22)18-12-30(29-28-18)11-15-6-4-10-31(23(15)32)16-8-9-16/h3-7,10,12,16H,8-9,11H2,1-2H3,(H2,25,26,27). The third-order valence-electron chi connectivity index (χ3n) is 5.83. The van der Waals surface area contributed by atoms with Crippen molar-refractivity contribution in [2.45, 2.75) is 39.3 Å². The van der Waals surface area contributed by atoms with E-state index in [-0.39, 0.29) is 35.4 Å². The average Bonchev–Trinajstić information content (AvgIpc) is 3.52. The first-order valence-electron chi connectivity index (χ1n) is 10.4. The molecule has 0 amide bonds. The van der Waals surface area contributed by atoms with Gasteiger partial charge in [0.1, 0.15) is 11.4 Å². The lowest BCUT2D eigenvalue weighted by Crippen LogP contribution is -2.23. The van der Waals surface area contributed by atoms with E-state index in [1.807, 2.05) is 44.3 Å². The zero-order valence-corrected chi connectivity index (χ0v) is 17.8. The summed E-state index contributed by atoms with van der Waals surface area (Å²) in [6, 6.07) is 9.66. The fourth-order valence-corrected chi connectivity index (χ4v) is 3.72. The molecule has 0 bridgehead atoms. The first-order chi connectivity index (χ1) is 15.4. The van der Waals surface area contributed by atoms with Crippen LogP contribution in [0, 0.1) is 19.7 Å². The molecule has 9 heteroatoms. The van der Waals surface area contributed by atoms with Crippen LogP contribution in [0.2, 0.25) is 0 Å². The molecule has 32 heavy (non-hydrogen) atoms. The molecule has 2 N–H and O–H groups in total. The van der Waals surface area contributed by atoms with E-state index in [0.29, 0.717) is 11.4 Å². The molecule has 3 heterocycles. The van der Waals surface area contributed by atoms with Gasteiger partial charge in [-0.15, -0.1) is 5.10 Å². The summed E-state index contributed by atoms with van der Waals surface area (Å²) >= 11 is 0. The van der Waals surface area contributed by atoms with E-state index in [4.69, 9.17) is 5.73 Å². The van der Waals surface area contributed by atoms with Gasteiger partial charge in [-0.2, -0.15) is 0 Å². The summed E-state index contributed by atoms with van der Waals surface area (Å²) < 4.78 is 18.1. The SMILES string of the molecule is Cc1cccc(-c2nc(N)c(F)c(-c3cn(Cc4cccn(C5CC5)c4=O)nn3)n2)c1C. The van der Waals surface area contributed by atoms with Crippen molar-refractivity contribution in [3.8, 4) is 22.8 Å². The summed E-state index contributed by atoms with van der Waals surface area (Å²) in [5.41, 5.74) is 9.45. The van der Waals surface area contributed by atoms with Gasteiger partial charge in [0.15, 0.2) is 17.5 Å². The number of aromatic nitrogens is 6. The first-order valence-corrected chi connectivity index (χ1v) is 10.4. The van der Waals surface area contributed by atoms with Gasteiger partial charge >= 0.3 is 0 Å². The Morgan fingerprint density at radius 1 is 1.16 bits per heavy atom. The van der Waals surface area contributed by atoms with E-state index in [2.05, 4.69) is 20.3 Å². The van der Waals surface area contributed by atoms with Crippen LogP contribution < -0.4 is 11.3 Å². The summed E-state index contributed by atoms with van der Waals surface area (Å²) in [7, 11) is 0. The lowest BCUT2D eigenvalue weighted by atomic mass is 10.0. The molecule has 162 valence electrons. The van der Waals surface area contributed by atoms with Crippen molar-refractivity contribution in [2.24, 2.45) is 0 Å². The molecular formula is C23H22FN7O. The fraction of sp³-hybridized carbons (Fsp3) is 0.261. The summed E-state index contributed by atoms with van der Waals surface area (Å²) in [5.74, 6) is -0.678. The first kappa shape index (κ1) is 20.0. The number of nitrogens with two attached hydrogens (primary N) is 1. The van der Waals surface area contributed by atoms with Gasteiger partial charge in [-0.3, -0.25) is 4.79 Å². The Labute approximate surface area is 183 Å². The van der Waals surface area contributed by atoms with Crippen molar-refractivity contribution in [3.05, 3.63) is 75.6 Å². The Bertz CT molecular complexity index is 1390. The maximum Gasteiger partial charge on any atom is 0.255 e. The number of aryl methyl sites for hydroxylation is 1. The molecule has 1 fully saturated rings. The molecule has 0 saturated heterocycles. The molecule has 4 aromatic rings. The predicted molar refractivity (Wildman–Crippen MR) is 118 cm³/mol. The van der Waals surface area contributed by atoms with Crippen LogP contribution in [0.3, 0.4) is 0 Å². The summed E-state index contributed by atoms with van der Waals surface area (Å²) in [4.78, 5) is 21.2. The van der Waals surface area contributed by atoms with Crippen LogP contribution in [0.25, 0.3) is 22.8 Å². The molecule has 0 radical (unpaired) electrons. The highest BCUT2D eigenvalue weighted by molar-refractivity contribution is 5.67. The number of hydrogen-bond donors (Lipinski definition) is 1. The summed E-state index contributed by atoms with van der Waals surface area (Å²) in [6.45, 7) is 4.17. The quantitative estimate of drug-likeness (QED) is 0.520. The lowest BCUT2D eigenvalue weighted by Gasteiger charge is -2.10. The van der Waals surface area contributed by atoms with Gasteiger partial charge in [-0.05, 0) is 43.9 Å². The Hall–Kier alpha value is -3.88. The third-order valence-corrected chi connectivity index (χ3v) is 5.83. The number of hydrogen-bond acceptors (Lipinski definition) is 6. The van der Waals surface area contributed by atoms with Crippen molar-refractivity contribution in [2.75, 3.05) is 5.73 Å². The van der Waals surface area contributed by atoms with Crippen LogP contribution in [-0.2, 0) is 6.54 Å². The van der Waals surface area contributed by atoms with Crippen LogP contribution in [0.4, 0.5) is 10.2 Å². The van der Waals surface area contributed by atoms with E-state index >= 15 is 0 Å². The molecule has 0 atom stereocenters. The number of benzene rings is 1. The minimum atomic E-state index is -0.748. The third kappa shape index (κ3) is 3.55. The molecule has 0 spiro atoms. The maximum absolute atomic E-state index is 14.8. The highest BCUT2D eigenvalue weighted by Crippen LogP contribution is 2.33. The van der Waals surface area contributed by atoms with Gasteiger partial charge in [0.25, 0.3) is 5.56 Å². The highest BCUT2D eigenvalue weighted by atomic mass is 19.1. The lowest BCUT2D eigenvalue weighted by molar-refractivity contribution is 0.623. The van der Waals surface area contributed by atoms with E-state index in [0.717, 1.165) is 29.5 Å². The van der Waals surface area contributed by atoms with Crippen molar-refractivity contribution in [3.63, 3.8) is 0 Å². The molecule has 5 rings (SSSR count). The second-order valence-electron chi connectivity index (χ2n) is 8.12. The zero-order valence-electron chi connectivity index (χ0n) is 17.8. The van der Waals surface area contributed by atoms with Crippen LogP contribution >= 0.6 is 0 Å². The van der Waals surface area contributed by atoms with Crippen molar-refractivity contribution < 1.29 is 4.39 Å². The second-order valence-corrected chi connectivity index (χ2v) is 8.12. The van der Waals surface area contributed by atoms with Crippen LogP contribution in [0.5, 0.6) is 0 Å². The largest absolute Gasteiger partial charge is 0.381 e. The molecular weight excluding hydrogens is 409 g/mol. The normalized spacial score (nSPS) is 13.5. The minimum Gasteiger partial charge on any atom is -0.381 e. The van der Waals surface area contributed by atoms with Crippen LogP contribution in [0.15, 0.2) is 47.5 Å². The Kier molecular flexibility index (Phi) is 4.80. The number of anilines is 1.